The second-order valence-corrected chi connectivity index (χ2v) is 1.78. The van der Waals surface area contributed by atoms with Crippen LogP contribution in [0.25, 0.3) is 0 Å². The molecule has 5 nitrogen and oxygen atoms in total. The predicted molar refractivity (Wildman–Crippen MR) is 29.7 cm³/mol. The smallest absolute Gasteiger partial charge is 0.325 e. The third-order valence-electron chi connectivity index (χ3n) is 0.965. The number of amides is 4. The van der Waals surface area contributed by atoms with Crippen molar-refractivity contribution in [2.45, 2.75) is 0 Å². The van der Waals surface area contributed by atoms with Crippen molar-refractivity contribution in [2.75, 3.05) is 13.1 Å². The molecule has 0 atom stereocenters. The lowest BCUT2D eigenvalue weighted by atomic mass is 10.9. The van der Waals surface area contributed by atoms with E-state index in [1.807, 2.05) is 5.32 Å². The van der Waals surface area contributed by atoms with Crippen LogP contribution in [0.2, 0.25) is 0 Å². The van der Waals surface area contributed by atoms with Crippen LogP contribution >= 0.6 is 0 Å². The van der Waals surface area contributed by atoms with Crippen LogP contribution in [0.3, 0.4) is 0 Å². The first-order valence-electron chi connectivity index (χ1n) is 2.55. The van der Waals surface area contributed by atoms with Gasteiger partial charge in [-0.05, 0) is 0 Å². The van der Waals surface area contributed by atoms with E-state index in [-0.39, 0.29) is 0 Å². The largest absolute Gasteiger partial charge is 0.351 e. The fraction of sp³-hybridized carbons (Fsp3) is 0.500. The summed E-state index contributed by atoms with van der Waals surface area (Å²) in [4.78, 5) is 22.0. The van der Waals surface area contributed by atoms with Crippen LogP contribution in [-0.4, -0.2) is 30.1 Å². The second-order valence-electron chi connectivity index (χ2n) is 1.78. The molecule has 50 valence electrons. The van der Waals surface area contributed by atoms with Gasteiger partial charge in [-0.15, -0.1) is 0 Å². The number of carbonyl (C=O) groups is 2. The average molecular weight is 129 g/mol. The molecule has 0 unspecified atom stereocenters. The lowest BCUT2D eigenvalue weighted by molar-refractivity contribution is 0.223. The van der Waals surface area contributed by atoms with Gasteiger partial charge in [0.15, 0.2) is 0 Å². The van der Waals surface area contributed by atoms with E-state index < -0.39 is 12.1 Å². The maximum Gasteiger partial charge on any atom is 0.325 e. The van der Waals surface area contributed by atoms with Crippen molar-refractivity contribution < 1.29 is 9.59 Å². The Labute approximate surface area is 51.8 Å². The number of primary amides is 1. The van der Waals surface area contributed by atoms with Gasteiger partial charge in [-0.2, -0.15) is 0 Å². The highest BCUT2D eigenvalue weighted by atomic mass is 16.2. The Kier molecular flexibility index (Phi) is 1.26. The topological polar surface area (TPSA) is 75.2 Å². The zero-order valence-electron chi connectivity index (χ0n) is 4.76. The summed E-state index contributed by atoms with van der Waals surface area (Å²) in [7, 11) is 0. The number of rotatable bonds is 0. The molecular formula is C4H7N3O2. The highest BCUT2D eigenvalue weighted by Crippen LogP contribution is 2.01. The predicted octanol–water partition coefficient (Wildman–Crippen LogP) is -0.910. The number of nitrogens with one attached hydrogen (secondary N) is 1. The van der Waals surface area contributed by atoms with Crippen LogP contribution in [0.4, 0.5) is 9.59 Å². The molecule has 0 aromatic carbocycles. The van der Waals surface area contributed by atoms with Crippen LogP contribution in [0.5, 0.6) is 0 Å². The third-order valence-corrected chi connectivity index (χ3v) is 0.965. The van der Waals surface area contributed by atoms with E-state index in [1.165, 1.54) is 4.90 Å². The number of nitrogens with zero attached hydrogens (tertiary/aromatic N) is 1. The molecule has 0 saturated carbocycles. The molecule has 1 aliphatic rings. The van der Waals surface area contributed by atoms with Crippen molar-refractivity contribution in [3.05, 3.63) is 0 Å². The maximum atomic E-state index is 10.5. The molecular weight excluding hydrogens is 122 g/mol. The summed E-state index contributed by atoms with van der Waals surface area (Å²) in [6, 6.07) is -1.20. The van der Waals surface area contributed by atoms with Gasteiger partial charge in [0, 0.05) is 13.1 Å². The molecule has 5 heteroatoms. The maximum absolute atomic E-state index is 10.5. The van der Waals surface area contributed by atoms with Gasteiger partial charge < -0.3 is 10.6 Å². The van der Waals surface area contributed by atoms with Crippen molar-refractivity contribution in [3.63, 3.8) is 0 Å². The normalized spacial score (nSPS) is 14.9. The van der Waals surface area contributed by atoms with Gasteiger partial charge in [0.25, 0.3) is 0 Å². The summed E-state index contributed by atoms with van der Waals surface area (Å²) in [5, 5.41) is 1.93. The van der Waals surface area contributed by atoms with Gasteiger partial charge in [0.1, 0.15) is 0 Å². The minimum Gasteiger partial charge on any atom is -0.351 e. The Hall–Kier alpha value is -1.26. The SMILES string of the molecule is NC(=O)NC(=O)N1CC1. The molecule has 0 bridgehead atoms. The minimum atomic E-state index is -0.799. The Morgan fingerprint density at radius 2 is 2.00 bits per heavy atom. The quantitative estimate of drug-likeness (QED) is 0.415. The Balaban J connectivity index is 2.26. The summed E-state index contributed by atoms with van der Waals surface area (Å²) in [5.74, 6) is 0. The van der Waals surface area contributed by atoms with Crippen LogP contribution in [0.1, 0.15) is 0 Å². The first-order valence-corrected chi connectivity index (χ1v) is 2.55. The van der Waals surface area contributed by atoms with E-state index in [1.54, 1.807) is 0 Å². The molecule has 3 N–H and O–H groups in total. The first-order chi connectivity index (χ1) is 4.20. The number of hydrogen-bond donors (Lipinski definition) is 2. The molecule has 4 amide bonds. The molecule has 9 heavy (non-hydrogen) atoms. The fourth-order valence-electron chi connectivity index (χ4n) is 0.438. The van der Waals surface area contributed by atoms with Crippen molar-refractivity contribution in [1.29, 1.82) is 0 Å². The molecule has 0 aliphatic carbocycles. The summed E-state index contributed by atoms with van der Waals surface area (Å²) >= 11 is 0. The molecule has 1 saturated heterocycles. The van der Waals surface area contributed by atoms with E-state index in [9.17, 15) is 9.59 Å². The van der Waals surface area contributed by atoms with Crippen LogP contribution in [0.15, 0.2) is 0 Å². The zero-order chi connectivity index (χ0) is 6.85. The third kappa shape index (κ3) is 1.60. The summed E-state index contributed by atoms with van der Waals surface area (Å²) in [6.45, 7) is 1.44. The molecule has 0 spiro atoms. The second kappa shape index (κ2) is 1.93. The van der Waals surface area contributed by atoms with Crippen LogP contribution < -0.4 is 11.1 Å². The molecule has 0 aromatic rings. The molecule has 1 rings (SSSR count). The fourth-order valence-corrected chi connectivity index (χ4v) is 0.438. The van der Waals surface area contributed by atoms with Gasteiger partial charge >= 0.3 is 12.1 Å². The van der Waals surface area contributed by atoms with Gasteiger partial charge in [0.2, 0.25) is 0 Å². The number of imide groups is 1. The van der Waals surface area contributed by atoms with Crippen molar-refractivity contribution in [2.24, 2.45) is 5.73 Å². The number of nitrogens with two attached hydrogens (primary N) is 1. The van der Waals surface area contributed by atoms with Crippen LogP contribution in [0, 0.1) is 0 Å². The van der Waals surface area contributed by atoms with E-state index in [4.69, 9.17) is 0 Å². The van der Waals surface area contributed by atoms with Crippen molar-refractivity contribution >= 4 is 12.1 Å². The molecule has 1 fully saturated rings. The molecule has 1 heterocycles. The van der Waals surface area contributed by atoms with Crippen LogP contribution in [-0.2, 0) is 0 Å². The Morgan fingerprint density at radius 1 is 1.44 bits per heavy atom. The van der Waals surface area contributed by atoms with E-state index in [2.05, 4.69) is 5.73 Å². The standard InChI is InChI=1S/C4H7N3O2/c5-3(8)6-4(9)7-1-2-7/h1-2H2,(H3,5,6,8,9). The van der Waals surface area contributed by atoms with Gasteiger partial charge in [0.05, 0.1) is 0 Å². The number of hydrogen-bond acceptors (Lipinski definition) is 2. The lowest BCUT2D eigenvalue weighted by Crippen LogP contribution is -2.37. The van der Waals surface area contributed by atoms with Gasteiger partial charge in [-0.3, -0.25) is 5.32 Å². The van der Waals surface area contributed by atoms with E-state index in [0.717, 1.165) is 13.1 Å². The first kappa shape index (κ1) is 5.87. The van der Waals surface area contributed by atoms with E-state index >= 15 is 0 Å². The molecule has 0 radical (unpaired) electrons. The minimum absolute atomic E-state index is 0.400. The summed E-state index contributed by atoms with van der Waals surface area (Å²) in [6.07, 6.45) is 0. The van der Waals surface area contributed by atoms with Gasteiger partial charge in [-0.25, -0.2) is 9.59 Å². The highest BCUT2D eigenvalue weighted by molar-refractivity contribution is 5.93. The average Bonchev–Trinajstić information content (AvgIpc) is 2.40. The monoisotopic (exact) mass is 129 g/mol. The Morgan fingerprint density at radius 3 is 2.33 bits per heavy atom. The van der Waals surface area contributed by atoms with Gasteiger partial charge in [-0.1, -0.05) is 0 Å². The van der Waals surface area contributed by atoms with E-state index in [0.29, 0.717) is 0 Å². The van der Waals surface area contributed by atoms with Crippen molar-refractivity contribution in [3.8, 4) is 0 Å². The lowest BCUT2D eigenvalue weighted by Gasteiger charge is -1.97. The number of urea groups is 2. The summed E-state index contributed by atoms with van der Waals surface area (Å²) in [5.41, 5.74) is 4.66. The Bertz CT molecular complexity index is 152. The highest BCUT2D eigenvalue weighted by Gasteiger charge is 2.24. The zero-order valence-corrected chi connectivity index (χ0v) is 4.76. The van der Waals surface area contributed by atoms with Crippen molar-refractivity contribution in [1.82, 2.24) is 10.2 Å². The number of carbonyl (C=O) groups excluding carboxylic acids is 2. The molecule has 0 aromatic heterocycles. The molecule has 1 aliphatic heterocycles. The summed E-state index contributed by atoms with van der Waals surface area (Å²) < 4.78 is 0.